The van der Waals surface area contributed by atoms with Crippen LogP contribution < -0.4 is 4.74 Å². The van der Waals surface area contributed by atoms with Gasteiger partial charge in [-0.25, -0.2) is 4.39 Å². The van der Waals surface area contributed by atoms with Crippen LogP contribution in [0.3, 0.4) is 0 Å². The van der Waals surface area contributed by atoms with E-state index < -0.39 is 0 Å². The summed E-state index contributed by atoms with van der Waals surface area (Å²) >= 11 is 0. The second-order valence-electron chi connectivity index (χ2n) is 3.67. The summed E-state index contributed by atoms with van der Waals surface area (Å²) in [5.41, 5.74) is 1.46. The molecule has 0 aliphatic heterocycles. The average molecular weight is 227 g/mol. The summed E-state index contributed by atoms with van der Waals surface area (Å²) in [4.78, 5) is 0. The van der Waals surface area contributed by atoms with Crippen LogP contribution in [0.2, 0.25) is 0 Å². The van der Waals surface area contributed by atoms with Crippen LogP contribution in [0.5, 0.6) is 11.5 Å². The van der Waals surface area contributed by atoms with Gasteiger partial charge >= 0.3 is 0 Å². The largest absolute Gasteiger partial charge is 0.456 e. The van der Waals surface area contributed by atoms with Crippen LogP contribution >= 0.6 is 0 Å². The van der Waals surface area contributed by atoms with Crippen molar-refractivity contribution in [1.29, 1.82) is 5.26 Å². The second kappa shape index (κ2) is 4.67. The highest BCUT2D eigenvalue weighted by Gasteiger charge is 2.04. The first-order valence-electron chi connectivity index (χ1n) is 5.13. The van der Waals surface area contributed by atoms with Crippen molar-refractivity contribution in [2.75, 3.05) is 0 Å². The zero-order valence-corrected chi connectivity index (χ0v) is 9.27. The van der Waals surface area contributed by atoms with Crippen LogP contribution in [0.15, 0.2) is 42.5 Å². The molecule has 0 aromatic heterocycles. The maximum Gasteiger partial charge on any atom is 0.145 e. The number of ether oxygens (including phenoxy) is 1. The number of hydrogen-bond acceptors (Lipinski definition) is 2. The number of benzene rings is 2. The Bertz CT molecular complexity index is 570. The molecule has 2 rings (SSSR count). The van der Waals surface area contributed by atoms with Gasteiger partial charge in [0.2, 0.25) is 0 Å². The third-order valence-electron chi connectivity index (χ3n) is 2.30. The minimum Gasteiger partial charge on any atom is -0.456 e. The zero-order valence-electron chi connectivity index (χ0n) is 9.27. The van der Waals surface area contributed by atoms with Crippen molar-refractivity contribution in [2.24, 2.45) is 0 Å². The van der Waals surface area contributed by atoms with E-state index in [0.717, 1.165) is 5.56 Å². The van der Waals surface area contributed by atoms with Crippen LogP contribution in [-0.4, -0.2) is 0 Å². The number of rotatable bonds is 2. The maximum atomic E-state index is 12.7. The summed E-state index contributed by atoms with van der Waals surface area (Å²) in [6, 6.07) is 13.1. The van der Waals surface area contributed by atoms with Gasteiger partial charge in [-0.3, -0.25) is 0 Å². The molecule has 0 atom stereocenters. The van der Waals surface area contributed by atoms with Crippen LogP contribution in [-0.2, 0) is 0 Å². The molecule has 2 nitrogen and oxygen atoms in total. The van der Waals surface area contributed by atoms with Gasteiger partial charge < -0.3 is 4.74 Å². The molecule has 0 saturated heterocycles. The molecule has 0 saturated carbocycles. The smallest absolute Gasteiger partial charge is 0.145 e. The number of nitriles is 1. The lowest BCUT2D eigenvalue weighted by molar-refractivity contribution is 0.478. The second-order valence-corrected chi connectivity index (χ2v) is 3.67. The van der Waals surface area contributed by atoms with Gasteiger partial charge in [0.05, 0.1) is 5.56 Å². The Balaban J connectivity index is 2.32. The number of halogens is 1. The van der Waals surface area contributed by atoms with Gasteiger partial charge in [-0.15, -0.1) is 0 Å². The summed E-state index contributed by atoms with van der Waals surface area (Å²) in [6.45, 7) is 1.92. The predicted molar refractivity (Wildman–Crippen MR) is 62.4 cm³/mol. The van der Waals surface area contributed by atoms with E-state index in [-0.39, 0.29) is 5.82 Å². The molecule has 2 aromatic rings. The molecule has 0 fully saturated rings. The molecule has 3 heteroatoms. The molecule has 0 spiro atoms. The Labute approximate surface area is 98.9 Å². The third kappa shape index (κ3) is 2.61. The highest BCUT2D eigenvalue weighted by atomic mass is 19.1. The Hall–Kier alpha value is -2.34. The fourth-order valence-corrected chi connectivity index (χ4v) is 1.44. The molecular weight excluding hydrogens is 217 g/mol. The van der Waals surface area contributed by atoms with E-state index in [1.807, 2.05) is 13.0 Å². The van der Waals surface area contributed by atoms with Crippen molar-refractivity contribution in [3.8, 4) is 17.6 Å². The van der Waals surface area contributed by atoms with E-state index >= 15 is 0 Å². The molecule has 2 aromatic carbocycles. The molecule has 0 N–H and O–H groups in total. The van der Waals surface area contributed by atoms with Crippen molar-refractivity contribution < 1.29 is 9.13 Å². The Kier molecular flexibility index (Phi) is 3.06. The first kappa shape index (κ1) is 11.2. The Morgan fingerprint density at radius 3 is 2.47 bits per heavy atom. The first-order chi connectivity index (χ1) is 8.19. The number of nitrogens with zero attached hydrogens (tertiary/aromatic N) is 1. The molecule has 0 unspecified atom stereocenters. The van der Waals surface area contributed by atoms with Gasteiger partial charge in [0.25, 0.3) is 0 Å². The summed E-state index contributed by atoms with van der Waals surface area (Å²) in [6.07, 6.45) is 0. The van der Waals surface area contributed by atoms with E-state index in [9.17, 15) is 4.39 Å². The number of hydrogen-bond donors (Lipinski definition) is 0. The van der Waals surface area contributed by atoms with E-state index in [2.05, 4.69) is 6.07 Å². The lowest BCUT2D eigenvalue weighted by Crippen LogP contribution is -1.89. The van der Waals surface area contributed by atoms with Crippen molar-refractivity contribution in [3.63, 3.8) is 0 Å². The summed E-state index contributed by atoms with van der Waals surface area (Å²) in [5.74, 6) is 0.676. The van der Waals surface area contributed by atoms with Gasteiger partial charge in [0.1, 0.15) is 23.4 Å². The molecule has 17 heavy (non-hydrogen) atoms. The topological polar surface area (TPSA) is 33.0 Å². The van der Waals surface area contributed by atoms with E-state index in [1.54, 1.807) is 12.1 Å². The quantitative estimate of drug-likeness (QED) is 0.781. The standard InChI is InChI=1S/C14H10FNO/c1-10-2-3-11(9-16)14(8-10)17-13-6-4-12(15)5-7-13/h2-8H,1H3. The van der Waals surface area contributed by atoms with Crippen molar-refractivity contribution in [2.45, 2.75) is 6.92 Å². The fraction of sp³-hybridized carbons (Fsp3) is 0.0714. The van der Waals surface area contributed by atoms with Gasteiger partial charge in [-0.2, -0.15) is 5.26 Å². The van der Waals surface area contributed by atoms with E-state index in [4.69, 9.17) is 10.00 Å². The molecule has 0 heterocycles. The van der Waals surface area contributed by atoms with Crippen molar-refractivity contribution >= 4 is 0 Å². The highest BCUT2D eigenvalue weighted by Crippen LogP contribution is 2.26. The predicted octanol–water partition coefficient (Wildman–Crippen LogP) is 3.80. The first-order valence-corrected chi connectivity index (χ1v) is 5.13. The fourth-order valence-electron chi connectivity index (χ4n) is 1.44. The van der Waals surface area contributed by atoms with Gasteiger partial charge in [-0.05, 0) is 48.9 Å². The Morgan fingerprint density at radius 1 is 1.12 bits per heavy atom. The molecule has 0 bridgehead atoms. The highest BCUT2D eigenvalue weighted by molar-refractivity contribution is 5.47. The summed E-state index contributed by atoms with van der Waals surface area (Å²) in [7, 11) is 0. The maximum absolute atomic E-state index is 12.7. The van der Waals surface area contributed by atoms with Gasteiger partial charge in [0, 0.05) is 0 Å². The normalized spacial score (nSPS) is 9.71. The minimum absolute atomic E-state index is 0.318. The van der Waals surface area contributed by atoms with Crippen molar-refractivity contribution in [1.82, 2.24) is 0 Å². The molecule has 84 valence electrons. The lowest BCUT2D eigenvalue weighted by atomic mass is 10.1. The van der Waals surface area contributed by atoms with Gasteiger partial charge in [-0.1, -0.05) is 6.07 Å². The molecule has 0 radical (unpaired) electrons. The third-order valence-corrected chi connectivity index (χ3v) is 2.30. The van der Waals surface area contributed by atoms with Crippen LogP contribution in [0, 0.1) is 24.1 Å². The lowest BCUT2D eigenvalue weighted by Gasteiger charge is -2.07. The molecule has 0 aliphatic rings. The molecule has 0 amide bonds. The monoisotopic (exact) mass is 227 g/mol. The van der Waals surface area contributed by atoms with Crippen LogP contribution in [0.25, 0.3) is 0 Å². The van der Waals surface area contributed by atoms with E-state index in [1.165, 1.54) is 24.3 Å². The summed E-state index contributed by atoms with van der Waals surface area (Å²) < 4.78 is 18.3. The SMILES string of the molecule is Cc1ccc(C#N)c(Oc2ccc(F)cc2)c1. The number of aryl methyl sites for hydroxylation is 1. The van der Waals surface area contributed by atoms with Crippen molar-refractivity contribution in [3.05, 3.63) is 59.4 Å². The van der Waals surface area contributed by atoms with E-state index in [0.29, 0.717) is 17.1 Å². The Morgan fingerprint density at radius 2 is 1.82 bits per heavy atom. The summed E-state index contributed by atoms with van der Waals surface area (Å²) in [5, 5.41) is 8.94. The van der Waals surface area contributed by atoms with Crippen LogP contribution in [0.4, 0.5) is 4.39 Å². The van der Waals surface area contributed by atoms with Crippen LogP contribution in [0.1, 0.15) is 11.1 Å². The molecular formula is C14H10FNO. The van der Waals surface area contributed by atoms with Gasteiger partial charge in [0.15, 0.2) is 0 Å². The average Bonchev–Trinajstić information content (AvgIpc) is 2.32. The minimum atomic E-state index is -0.318. The molecule has 0 aliphatic carbocycles. The zero-order chi connectivity index (χ0) is 12.3.